The van der Waals surface area contributed by atoms with Crippen molar-refractivity contribution in [3.8, 4) is 0 Å². The van der Waals surface area contributed by atoms with Crippen LogP contribution in [0.3, 0.4) is 0 Å². The molecule has 1 saturated carbocycles. The van der Waals surface area contributed by atoms with Gasteiger partial charge < -0.3 is 5.32 Å². The van der Waals surface area contributed by atoms with E-state index in [9.17, 15) is 0 Å². The molecular formula is C15H30N2. The molecule has 2 fully saturated rings. The monoisotopic (exact) mass is 238 g/mol. The molecule has 1 saturated heterocycles. The van der Waals surface area contributed by atoms with Crippen molar-refractivity contribution in [1.29, 1.82) is 0 Å². The second-order valence-electron chi connectivity index (χ2n) is 6.96. The first kappa shape index (κ1) is 13.4. The van der Waals surface area contributed by atoms with Crippen LogP contribution in [0.4, 0.5) is 0 Å². The molecule has 0 amide bonds. The normalized spacial score (nSPS) is 33.0. The fraction of sp³-hybridized carbons (Fsp3) is 1.00. The Hall–Kier alpha value is -0.0800. The summed E-state index contributed by atoms with van der Waals surface area (Å²) in [5, 5.41) is 3.63. The van der Waals surface area contributed by atoms with Gasteiger partial charge >= 0.3 is 0 Å². The molecule has 1 aliphatic carbocycles. The summed E-state index contributed by atoms with van der Waals surface area (Å²) < 4.78 is 0. The van der Waals surface area contributed by atoms with E-state index in [0.29, 0.717) is 11.5 Å². The predicted octanol–water partition coefficient (Wildman–Crippen LogP) is 3.03. The summed E-state index contributed by atoms with van der Waals surface area (Å²) in [5.41, 5.74) is 0.428. The van der Waals surface area contributed by atoms with Gasteiger partial charge in [0.15, 0.2) is 0 Å². The SMILES string of the molecule is CC1CNCC(C)(C)CN1C1CCCCCC1. The summed E-state index contributed by atoms with van der Waals surface area (Å²) in [6, 6.07) is 1.56. The second-order valence-corrected chi connectivity index (χ2v) is 6.96. The maximum atomic E-state index is 3.63. The van der Waals surface area contributed by atoms with Crippen LogP contribution in [-0.2, 0) is 0 Å². The van der Waals surface area contributed by atoms with Gasteiger partial charge in [0.1, 0.15) is 0 Å². The van der Waals surface area contributed by atoms with Crippen molar-refractivity contribution in [2.75, 3.05) is 19.6 Å². The number of hydrogen-bond acceptors (Lipinski definition) is 2. The highest BCUT2D eigenvalue weighted by Crippen LogP contribution is 2.28. The summed E-state index contributed by atoms with van der Waals surface area (Å²) in [6.07, 6.45) is 8.67. The zero-order chi connectivity index (χ0) is 12.3. The fourth-order valence-corrected chi connectivity index (χ4v) is 3.52. The lowest BCUT2D eigenvalue weighted by atomic mass is 9.91. The summed E-state index contributed by atoms with van der Waals surface area (Å²) in [6.45, 7) is 10.8. The minimum Gasteiger partial charge on any atom is -0.315 e. The van der Waals surface area contributed by atoms with E-state index in [0.717, 1.165) is 6.04 Å². The topological polar surface area (TPSA) is 15.3 Å². The molecule has 1 atom stereocenters. The van der Waals surface area contributed by atoms with Crippen molar-refractivity contribution in [2.45, 2.75) is 71.4 Å². The first-order chi connectivity index (χ1) is 8.08. The average Bonchev–Trinajstić information content (AvgIpc) is 2.59. The first-order valence-electron chi connectivity index (χ1n) is 7.55. The van der Waals surface area contributed by atoms with Crippen molar-refractivity contribution in [2.24, 2.45) is 5.41 Å². The minimum atomic E-state index is 0.428. The van der Waals surface area contributed by atoms with Crippen molar-refractivity contribution < 1.29 is 0 Å². The maximum absolute atomic E-state index is 3.63. The summed E-state index contributed by atoms with van der Waals surface area (Å²) in [7, 11) is 0. The molecule has 2 rings (SSSR count). The molecule has 0 aromatic carbocycles. The molecule has 0 bridgehead atoms. The fourth-order valence-electron chi connectivity index (χ4n) is 3.52. The van der Waals surface area contributed by atoms with Crippen molar-refractivity contribution >= 4 is 0 Å². The highest BCUT2D eigenvalue weighted by atomic mass is 15.2. The quantitative estimate of drug-likeness (QED) is 0.706. The van der Waals surface area contributed by atoms with Crippen molar-refractivity contribution in [3.63, 3.8) is 0 Å². The molecule has 100 valence electrons. The molecule has 2 nitrogen and oxygen atoms in total. The van der Waals surface area contributed by atoms with E-state index in [2.05, 4.69) is 31.0 Å². The van der Waals surface area contributed by atoms with E-state index in [1.807, 2.05) is 0 Å². The molecule has 0 radical (unpaired) electrons. The average molecular weight is 238 g/mol. The smallest absolute Gasteiger partial charge is 0.0195 e. The molecule has 0 aromatic rings. The third-order valence-corrected chi connectivity index (χ3v) is 4.51. The van der Waals surface area contributed by atoms with Gasteiger partial charge in [-0.1, -0.05) is 39.5 Å². The molecular weight excluding hydrogens is 208 g/mol. The third kappa shape index (κ3) is 3.69. The van der Waals surface area contributed by atoms with Gasteiger partial charge in [0.2, 0.25) is 0 Å². The maximum Gasteiger partial charge on any atom is 0.0195 e. The molecule has 1 heterocycles. The van der Waals surface area contributed by atoms with Crippen LogP contribution >= 0.6 is 0 Å². The van der Waals surface area contributed by atoms with Crippen LogP contribution < -0.4 is 5.32 Å². The largest absolute Gasteiger partial charge is 0.315 e. The molecule has 1 aliphatic heterocycles. The number of hydrogen-bond donors (Lipinski definition) is 1. The van der Waals surface area contributed by atoms with Gasteiger partial charge in [-0.2, -0.15) is 0 Å². The van der Waals surface area contributed by atoms with Crippen LogP contribution in [0, 0.1) is 5.41 Å². The Morgan fingerprint density at radius 3 is 2.35 bits per heavy atom. The van der Waals surface area contributed by atoms with Crippen molar-refractivity contribution in [3.05, 3.63) is 0 Å². The Morgan fingerprint density at radius 1 is 1.06 bits per heavy atom. The second kappa shape index (κ2) is 5.71. The molecule has 17 heavy (non-hydrogen) atoms. The Kier molecular flexibility index (Phi) is 4.48. The van der Waals surface area contributed by atoms with Gasteiger partial charge in [-0.05, 0) is 25.2 Å². The Balaban J connectivity index is 2.04. The summed E-state index contributed by atoms with van der Waals surface area (Å²) in [4.78, 5) is 2.81. The summed E-state index contributed by atoms with van der Waals surface area (Å²) >= 11 is 0. The predicted molar refractivity (Wildman–Crippen MR) is 74.3 cm³/mol. The van der Waals surface area contributed by atoms with Gasteiger partial charge in [0.25, 0.3) is 0 Å². The lowest BCUT2D eigenvalue weighted by Crippen LogP contribution is -2.46. The van der Waals surface area contributed by atoms with Crippen LogP contribution in [0.2, 0.25) is 0 Å². The Labute approximate surface area is 107 Å². The molecule has 1 N–H and O–H groups in total. The molecule has 0 aromatic heterocycles. The van der Waals surface area contributed by atoms with E-state index >= 15 is 0 Å². The van der Waals surface area contributed by atoms with Gasteiger partial charge in [0, 0.05) is 31.7 Å². The third-order valence-electron chi connectivity index (χ3n) is 4.51. The molecule has 0 spiro atoms. The van der Waals surface area contributed by atoms with Gasteiger partial charge in [-0.15, -0.1) is 0 Å². The first-order valence-corrected chi connectivity index (χ1v) is 7.55. The number of nitrogens with zero attached hydrogens (tertiary/aromatic N) is 1. The Morgan fingerprint density at radius 2 is 1.71 bits per heavy atom. The van der Waals surface area contributed by atoms with E-state index in [1.165, 1.54) is 58.2 Å². The van der Waals surface area contributed by atoms with Crippen LogP contribution in [0.15, 0.2) is 0 Å². The van der Waals surface area contributed by atoms with Gasteiger partial charge in [-0.3, -0.25) is 4.90 Å². The zero-order valence-corrected chi connectivity index (χ0v) is 12.0. The minimum absolute atomic E-state index is 0.428. The highest BCUT2D eigenvalue weighted by molar-refractivity contribution is 4.88. The zero-order valence-electron chi connectivity index (χ0n) is 12.0. The van der Waals surface area contributed by atoms with E-state index < -0.39 is 0 Å². The standard InChI is InChI=1S/C15H30N2/c1-13-10-16-11-15(2,3)12-17(13)14-8-6-4-5-7-9-14/h13-14,16H,4-12H2,1-3H3. The lowest BCUT2D eigenvalue weighted by Gasteiger charge is -2.38. The van der Waals surface area contributed by atoms with E-state index in [4.69, 9.17) is 0 Å². The molecule has 1 unspecified atom stereocenters. The van der Waals surface area contributed by atoms with Crippen molar-refractivity contribution in [1.82, 2.24) is 10.2 Å². The summed E-state index contributed by atoms with van der Waals surface area (Å²) in [5.74, 6) is 0. The van der Waals surface area contributed by atoms with E-state index in [1.54, 1.807) is 0 Å². The molecule has 2 heteroatoms. The molecule has 2 aliphatic rings. The van der Waals surface area contributed by atoms with Crippen LogP contribution in [0.1, 0.15) is 59.3 Å². The van der Waals surface area contributed by atoms with Crippen LogP contribution in [-0.4, -0.2) is 36.6 Å². The number of nitrogens with one attached hydrogen (secondary N) is 1. The lowest BCUT2D eigenvalue weighted by molar-refractivity contribution is 0.101. The van der Waals surface area contributed by atoms with Gasteiger partial charge in [-0.25, -0.2) is 0 Å². The van der Waals surface area contributed by atoms with Gasteiger partial charge in [0.05, 0.1) is 0 Å². The highest BCUT2D eigenvalue weighted by Gasteiger charge is 2.32. The van der Waals surface area contributed by atoms with E-state index in [-0.39, 0.29) is 0 Å². The Bertz CT molecular complexity index is 229. The number of rotatable bonds is 1. The van der Waals surface area contributed by atoms with Crippen LogP contribution in [0.25, 0.3) is 0 Å². The van der Waals surface area contributed by atoms with Crippen LogP contribution in [0.5, 0.6) is 0 Å².